The molecule has 11 rings (SSSR count). The third kappa shape index (κ3) is 5.13. The minimum atomic E-state index is 0.567. The fourth-order valence-corrected chi connectivity index (χ4v) is 8.29. The van der Waals surface area contributed by atoms with Crippen LogP contribution in [0.2, 0.25) is 0 Å². The van der Waals surface area contributed by atoms with Gasteiger partial charge in [0, 0.05) is 38.4 Å². The van der Waals surface area contributed by atoms with Crippen molar-refractivity contribution >= 4 is 43.6 Å². The van der Waals surface area contributed by atoms with Gasteiger partial charge in [0.15, 0.2) is 11.6 Å². The molecule has 0 unspecified atom stereocenters. The van der Waals surface area contributed by atoms with Crippen LogP contribution in [0.15, 0.2) is 200 Å². The van der Waals surface area contributed by atoms with Gasteiger partial charge in [-0.05, 0) is 58.7 Å². The van der Waals surface area contributed by atoms with Gasteiger partial charge in [-0.3, -0.25) is 4.57 Å². The Morgan fingerprint density at radius 3 is 1.43 bits per heavy atom. The second-order valence-corrected chi connectivity index (χ2v) is 14.0. The highest BCUT2D eigenvalue weighted by atomic mass is 15.2. The second-order valence-electron chi connectivity index (χ2n) is 14.0. The third-order valence-corrected chi connectivity index (χ3v) is 10.8. The Hall–Kier alpha value is -7.63. The molecule has 56 heavy (non-hydrogen) atoms. The van der Waals surface area contributed by atoms with Crippen LogP contribution >= 0.6 is 0 Å². The fraction of sp³-hybridized carbons (Fsp3) is 0. The lowest BCUT2D eigenvalue weighted by Crippen LogP contribution is -2.06. The Morgan fingerprint density at radius 1 is 0.321 bits per heavy atom. The molecule has 8 aromatic carbocycles. The molecule has 262 valence electrons. The van der Waals surface area contributed by atoms with E-state index in [9.17, 15) is 0 Å². The normalized spacial score (nSPS) is 11.6. The average molecular weight is 716 g/mol. The van der Waals surface area contributed by atoms with E-state index >= 15 is 0 Å². The summed E-state index contributed by atoms with van der Waals surface area (Å²) in [6, 6.07) is 70.4. The minimum Gasteiger partial charge on any atom is -0.309 e. The summed E-state index contributed by atoms with van der Waals surface area (Å²) in [7, 11) is 0. The van der Waals surface area contributed by atoms with Gasteiger partial charge in [0.1, 0.15) is 0 Å². The monoisotopic (exact) mass is 715 g/mol. The summed E-state index contributed by atoms with van der Waals surface area (Å²) in [5, 5.41) is 4.58. The molecule has 0 aliphatic carbocycles. The van der Waals surface area contributed by atoms with Crippen molar-refractivity contribution in [3.8, 4) is 56.7 Å². The maximum absolute atomic E-state index is 5.31. The van der Waals surface area contributed by atoms with Crippen molar-refractivity contribution < 1.29 is 0 Å². The van der Waals surface area contributed by atoms with E-state index in [1.54, 1.807) is 0 Å². The van der Waals surface area contributed by atoms with E-state index in [-0.39, 0.29) is 0 Å². The van der Waals surface area contributed by atoms with E-state index in [2.05, 4.69) is 173 Å². The number of hydrogen-bond acceptors (Lipinski definition) is 3. The van der Waals surface area contributed by atoms with Crippen molar-refractivity contribution in [3.05, 3.63) is 200 Å². The van der Waals surface area contributed by atoms with E-state index in [4.69, 9.17) is 15.0 Å². The van der Waals surface area contributed by atoms with Crippen LogP contribution in [0.25, 0.3) is 100 Å². The zero-order valence-electron chi connectivity index (χ0n) is 30.3. The first kappa shape index (κ1) is 31.9. The zero-order chi connectivity index (χ0) is 37.0. The molecule has 0 N–H and O–H groups in total. The Bertz CT molecular complexity index is 3160. The smallest absolute Gasteiger partial charge is 0.238 e. The topological polar surface area (TPSA) is 48.5 Å². The first-order chi connectivity index (χ1) is 27.8. The molecule has 5 nitrogen and oxygen atoms in total. The van der Waals surface area contributed by atoms with E-state index < -0.39 is 0 Å². The summed E-state index contributed by atoms with van der Waals surface area (Å²) in [5.41, 5.74) is 11.9. The van der Waals surface area contributed by atoms with Crippen LogP contribution in [0.1, 0.15) is 0 Å². The van der Waals surface area contributed by atoms with E-state index in [1.165, 1.54) is 11.1 Å². The molecular formula is C51H33N5. The maximum atomic E-state index is 5.31. The quantitative estimate of drug-likeness (QED) is 0.172. The first-order valence-corrected chi connectivity index (χ1v) is 18.9. The molecule has 0 bridgehead atoms. The summed E-state index contributed by atoms with van der Waals surface area (Å²) in [6.45, 7) is 0. The number of nitrogens with zero attached hydrogens (tertiary/aromatic N) is 5. The molecule has 0 spiro atoms. The van der Waals surface area contributed by atoms with Crippen LogP contribution in [-0.4, -0.2) is 24.1 Å². The average Bonchev–Trinajstić information content (AvgIpc) is 3.80. The summed E-state index contributed by atoms with van der Waals surface area (Å²) < 4.78 is 4.68. The molecule has 0 fully saturated rings. The molecule has 0 aliphatic rings. The molecule has 0 aliphatic heterocycles. The molecule has 0 radical (unpaired) electrons. The number of aromatic nitrogens is 5. The molecule has 3 aromatic heterocycles. The molecule has 0 atom stereocenters. The lowest BCUT2D eigenvalue weighted by Gasteiger charge is -2.14. The van der Waals surface area contributed by atoms with Crippen LogP contribution in [0.4, 0.5) is 0 Å². The second kappa shape index (κ2) is 13.0. The number of benzene rings is 8. The van der Waals surface area contributed by atoms with Crippen LogP contribution < -0.4 is 0 Å². The van der Waals surface area contributed by atoms with Gasteiger partial charge in [0.05, 0.1) is 22.1 Å². The zero-order valence-corrected chi connectivity index (χ0v) is 30.3. The maximum Gasteiger partial charge on any atom is 0.238 e. The number of hydrogen-bond donors (Lipinski definition) is 0. The summed E-state index contributed by atoms with van der Waals surface area (Å²) in [4.78, 5) is 15.7. The van der Waals surface area contributed by atoms with Crippen molar-refractivity contribution in [2.45, 2.75) is 0 Å². The lowest BCUT2D eigenvalue weighted by atomic mass is 9.94. The summed E-state index contributed by atoms with van der Waals surface area (Å²) >= 11 is 0. The number of rotatable bonds is 6. The number of para-hydroxylation sites is 3. The molecule has 0 amide bonds. The Kier molecular flexibility index (Phi) is 7.42. The van der Waals surface area contributed by atoms with E-state index in [0.717, 1.165) is 71.6 Å². The van der Waals surface area contributed by atoms with Crippen molar-refractivity contribution in [1.82, 2.24) is 24.1 Å². The third-order valence-electron chi connectivity index (χ3n) is 10.8. The first-order valence-electron chi connectivity index (χ1n) is 18.9. The SMILES string of the molecule is c1ccc(-c2cccc(-c3cc4c(c5ccccc5n4-c4ccccc4)c4c3c3ccccc3n4-c3nc(-c4ccccc4)nc(-c4ccccc4)n3)c2)cc1. The molecule has 0 saturated heterocycles. The van der Waals surface area contributed by atoms with E-state index in [1.807, 2.05) is 36.4 Å². The van der Waals surface area contributed by atoms with Crippen molar-refractivity contribution in [1.29, 1.82) is 0 Å². The van der Waals surface area contributed by atoms with Gasteiger partial charge in [0.25, 0.3) is 0 Å². The number of fused-ring (bicyclic) bond motifs is 7. The van der Waals surface area contributed by atoms with Gasteiger partial charge >= 0.3 is 0 Å². The summed E-state index contributed by atoms with van der Waals surface area (Å²) in [5.74, 6) is 1.81. The van der Waals surface area contributed by atoms with Gasteiger partial charge in [-0.15, -0.1) is 0 Å². The van der Waals surface area contributed by atoms with Gasteiger partial charge < -0.3 is 4.57 Å². The summed E-state index contributed by atoms with van der Waals surface area (Å²) in [6.07, 6.45) is 0. The van der Waals surface area contributed by atoms with Crippen LogP contribution in [0, 0.1) is 0 Å². The lowest BCUT2D eigenvalue weighted by molar-refractivity contribution is 0.955. The van der Waals surface area contributed by atoms with Crippen LogP contribution in [0.5, 0.6) is 0 Å². The Balaban J connectivity index is 1.33. The van der Waals surface area contributed by atoms with Crippen molar-refractivity contribution in [3.63, 3.8) is 0 Å². The fourth-order valence-electron chi connectivity index (χ4n) is 8.29. The van der Waals surface area contributed by atoms with Crippen LogP contribution in [0.3, 0.4) is 0 Å². The Labute approximate surface area is 323 Å². The van der Waals surface area contributed by atoms with Crippen LogP contribution in [-0.2, 0) is 0 Å². The predicted octanol–water partition coefficient (Wildman–Crippen LogP) is 12.7. The van der Waals surface area contributed by atoms with Crippen molar-refractivity contribution in [2.24, 2.45) is 0 Å². The Morgan fingerprint density at radius 2 is 0.804 bits per heavy atom. The standard InChI is InChI=1S/C51H33N5/c1-5-18-34(19-6-1)37-24-17-25-38(32-37)42-33-45-47(41-29-14-15-30-43(41)55(45)39-26-11-4-12-27-39)48-46(42)40-28-13-16-31-44(40)56(48)51-53-49(35-20-7-2-8-21-35)52-50(54-51)36-22-9-3-10-23-36/h1-33H. The molecular weight excluding hydrogens is 683 g/mol. The van der Waals surface area contributed by atoms with Gasteiger partial charge in [-0.2, -0.15) is 9.97 Å². The van der Waals surface area contributed by atoms with Crippen molar-refractivity contribution in [2.75, 3.05) is 0 Å². The predicted molar refractivity (Wildman–Crippen MR) is 230 cm³/mol. The highest BCUT2D eigenvalue weighted by molar-refractivity contribution is 6.29. The molecule has 11 aromatic rings. The van der Waals surface area contributed by atoms with Gasteiger partial charge in [0.2, 0.25) is 5.95 Å². The minimum absolute atomic E-state index is 0.567. The molecule has 3 heterocycles. The van der Waals surface area contributed by atoms with Gasteiger partial charge in [-0.25, -0.2) is 4.98 Å². The molecule has 0 saturated carbocycles. The highest BCUT2D eigenvalue weighted by Crippen LogP contribution is 2.46. The van der Waals surface area contributed by atoms with E-state index in [0.29, 0.717) is 17.6 Å². The molecule has 5 heteroatoms. The largest absolute Gasteiger partial charge is 0.309 e. The highest BCUT2D eigenvalue weighted by Gasteiger charge is 2.26. The van der Waals surface area contributed by atoms with Gasteiger partial charge in [-0.1, -0.05) is 164 Å².